The third-order valence-electron chi connectivity index (χ3n) is 4.19. The number of allylic oxidation sites excluding steroid dienone is 4. The third kappa shape index (κ3) is 3.35. The van der Waals surface area contributed by atoms with Crippen molar-refractivity contribution in [3.8, 4) is 0 Å². The van der Waals surface area contributed by atoms with Gasteiger partial charge in [0.15, 0.2) is 5.78 Å². The van der Waals surface area contributed by atoms with E-state index in [-0.39, 0.29) is 11.3 Å². The van der Waals surface area contributed by atoms with E-state index in [1.54, 1.807) is 36.4 Å². The predicted molar refractivity (Wildman–Crippen MR) is 104 cm³/mol. The molecule has 0 saturated carbocycles. The van der Waals surface area contributed by atoms with Crippen molar-refractivity contribution in [2.45, 2.75) is 0 Å². The van der Waals surface area contributed by atoms with Crippen LogP contribution in [0.5, 0.6) is 0 Å². The molecule has 1 N–H and O–H groups in total. The molecule has 0 amide bonds. The molecule has 3 rings (SSSR count). The number of aliphatic hydroxyl groups excluding tert-OH is 1. The van der Waals surface area contributed by atoms with Gasteiger partial charge >= 0.3 is 0 Å². The molecule has 0 radical (unpaired) electrons. The first-order chi connectivity index (χ1) is 12.5. The minimum absolute atomic E-state index is 0.175. The van der Waals surface area contributed by atoms with Crippen molar-refractivity contribution in [2.24, 2.45) is 0 Å². The average Bonchev–Trinajstić information content (AvgIpc) is 2.90. The molecule has 0 atom stereocenters. The van der Waals surface area contributed by atoms with Crippen molar-refractivity contribution in [1.29, 1.82) is 0 Å². The Morgan fingerprint density at radius 2 is 1.62 bits per heavy atom. The second kappa shape index (κ2) is 7.23. The summed E-state index contributed by atoms with van der Waals surface area (Å²) >= 11 is 0. The normalized spacial score (nSPS) is 13.7. The number of aliphatic hydroxyl groups is 1. The van der Waals surface area contributed by atoms with Crippen molar-refractivity contribution in [3.63, 3.8) is 0 Å². The molecule has 1 aliphatic rings. The zero-order valence-electron chi connectivity index (χ0n) is 14.6. The summed E-state index contributed by atoms with van der Waals surface area (Å²) in [5.74, 6) is -1.18. The van der Waals surface area contributed by atoms with Crippen molar-refractivity contribution in [2.75, 3.05) is 19.0 Å². The maximum atomic E-state index is 12.3. The molecule has 130 valence electrons. The molecule has 0 spiro atoms. The maximum Gasteiger partial charge on any atom is 0.201 e. The Bertz CT molecular complexity index is 948. The van der Waals surface area contributed by atoms with Crippen molar-refractivity contribution in [3.05, 3.63) is 89.0 Å². The summed E-state index contributed by atoms with van der Waals surface area (Å²) in [5.41, 5.74) is 2.70. The van der Waals surface area contributed by atoms with E-state index < -0.39 is 11.6 Å². The molecule has 0 aromatic heterocycles. The van der Waals surface area contributed by atoms with E-state index in [1.165, 1.54) is 6.08 Å². The number of ketones is 2. The Kier molecular flexibility index (Phi) is 4.85. The Balaban J connectivity index is 1.71. The first-order valence-corrected chi connectivity index (χ1v) is 8.23. The van der Waals surface area contributed by atoms with E-state index in [1.807, 2.05) is 49.3 Å². The Morgan fingerprint density at radius 1 is 0.962 bits per heavy atom. The number of carbonyl (C=O) groups is 2. The number of hydrogen-bond acceptors (Lipinski definition) is 4. The quantitative estimate of drug-likeness (QED) is 0.504. The largest absolute Gasteiger partial charge is 0.506 e. The number of anilines is 1. The zero-order valence-corrected chi connectivity index (χ0v) is 14.6. The Morgan fingerprint density at radius 3 is 2.23 bits per heavy atom. The zero-order chi connectivity index (χ0) is 18.7. The highest BCUT2D eigenvalue weighted by molar-refractivity contribution is 6.36. The van der Waals surface area contributed by atoms with Gasteiger partial charge in [0, 0.05) is 30.9 Å². The van der Waals surface area contributed by atoms with Gasteiger partial charge in [-0.1, -0.05) is 54.6 Å². The summed E-state index contributed by atoms with van der Waals surface area (Å²) in [5, 5.41) is 10.2. The second-order valence-electron chi connectivity index (χ2n) is 6.17. The lowest BCUT2D eigenvalue weighted by Crippen LogP contribution is -2.08. The summed E-state index contributed by atoms with van der Waals surface area (Å²) in [6, 6.07) is 14.6. The number of benzene rings is 2. The molecule has 2 aromatic rings. The van der Waals surface area contributed by atoms with Crippen LogP contribution in [0.1, 0.15) is 21.5 Å². The topological polar surface area (TPSA) is 57.6 Å². The van der Waals surface area contributed by atoms with E-state index in [4.69, 9.17) is 0 Å². The maximum absolute atomic E-state index is 12.3. The molecule has 2 aromatic carbocycles. The molecule has 0 bridgehead atoms. The van der Waals surface area contributed by atoms with E-state index in [0.29, 0.717) is 11.1 Å². The standard InChI is InChI=1S/C22H19NO3/c1-23(2)16-13-11-15(12-14-16)7-3-6-10-19(24)20-21(25)17-8-4-5-9-18(17)22(20)26/h3-14,25H,1-2H3/b7-3+,10-6+. The number of Topliss-reactive ketones (excluding diaryl/α,β-unsaturated/α-hetero) is 1. The third-order valence-corrected chi connectivity index (χ3v) is 4.19. The van der Waals surface area contributed by atoms with Gasteiger partial charge in [0.05, 0.1) is 0 Å². The first-order valence-electron chi connectivity index (χ1n) is 8.23. The molecule has 1 aliphatic carbocycles. The summed E-state index contributed by atoms with van der Waals surface area (Å²) < 4.78 is 0. The van der Waals surface area contributed by atoms with E-state index in [9.17, 15) is 14.7 Å². The van der Waals surface area contributed by atoms with E-state index in [0.717, 1.165) is 11.3 Å². The van der Waals surface area contributed by atoms with Crippen LogP contribution in [0.2, 0.25) is 0 Å². The molecule has 4 heteroatoms. The molecular weight excluding hydrogens is 326 g/mol. The molecule has 0 saturated heterocycles. The van der Waals surface area contributed by atoms with Crippen LogP contribution < -0.4 is 4.90 Å². The lowest BCUT2D eigenvalue weighted by atomic mass is 10.1. The van der Waals surface area contributed by atoms with E-state index in [2.05, 4.69) is 0 Å². The van der Waals surface area contributed by atoms with Gasteiger partial charge in [0.2, 0.25) is 5.78 Å². The molecule has 0 heterocycles. The molecule has 0 fully saturated rings. The van der Waals surface area contributed by atoms with Gasteiger partial charge in [0.25, 0.3) is 0 Å². The highest BCUT2D eigenvalue weighted by atomic mass is 16.3. The van der Waals surface area contributed by atoms with Crippen molar-refractivity contribution < 1.29 is 14.7 Å². The van der Waals surface area contributed by atoms with Gasteiger partial charge in [-0.05, 0) is 23.8 Å². The van der Waals surface area contributed by atoms with Crippen molar-refractivity contribution >= 4 is 29.1 Å². The van der Waals surface area contributed by atoms with Crippen LogP contribution in [0.3, 0.4) is 0 Å². The molecule has 4 nitrogen and oxygen atoms in total. The van der Waals surface area contributed by atoms with Gasteiger partial charge in [-0.3, -0.25) is 9.59 Å². The Labute approximate surface area is 152 Å². The fourth-order valence-electron chi connectivity index (χ4n) is 2.77. The number of hydrogen-bond donors (Lipinski definition) is 1. The number of carbonyl (C=O) groups excluding carboxylic acids is 2. The van der Waals surface area contributed by atoms with E-state index >= 15 is 0 Å². The van der Waals surface area contributed by atoms with Crippen LogP contribution in [0.25, 0.3) is 11.8 Å². The van der Waals surface area contributed by atoms with Crippen LogP contribution in [-0.2, 0) is 4.79 Å². The first kappa shape index (κ1) is 17.4. The van der Waals surface area contributed by atoms with Gasteiger partial charge in [-0.15, -0.1) is 0 Å². The summed E-state index contributed by atoms with van der Waals surface area (Å²) in [6.45, 7) is 0. The summed E-state index contributed by atoms with van der Waals surface area (Å²) in [7, 11) is 3.96. The monoisotopic (exact) mass is 345 g/mol. The van der Waals surface area contributed by atoms with Gasteiger partial charge < -0.3 is 10.0 Å². The smallest absolute Gasteiger partial charge is 0.201 e. The number of nitrogens with zero attached hydrogens (tertiary/aromatic N) is 1. The molecular formula is C22H19NO3. The summed E-state index contributed by atoms with van der Waals surface area (Å²) in [4.78, 5) is 26.6. The van der Waals surface area contributed by atoms with Crippen LogP contribution in [0.15, 0.2) is 72.3 Å². The predicted octanol–water partition coefficient (Wildman–Crippen LogP) is 4.06. The molecule has 0 aliphatic heterocycles. The SMILES string of the molecule is CN(C)c1ccc(/C=C/C=C/C(=O)C2=C(O)c3ccccc3C2=O)cc1. The highest BCUT2D eigenvalue weighted by Gasteiger charge is 2.32. The van der Waals surface area contributed by atoms with Gasteiger partial charge in [-0.2, -0.15) is 0 Å². The van der Waals surface area contributed by atoms with Gasteiger partial charge in [-0.25, -0.2) is 0 Å². The summed E-state index contributed by atoms with van der Waals surface area (Å²) in [6.07, 6.45) is 6.45. The highest BCUT2D eigenvalue weighted by Crippen LogP contribution is 2.31. The van der Waals surface area contributed by atoms with Crippen molar-refractivity contribution in [1.82, 2.24) is 0 Å². The minimum Gasteiger partial charge on any atom is -0.506 e. The molecule has 0 unspecified atom stereocenters. The number of fused-ring (bicyclic) bond motifs is 1. The fourth-order valence-corrected chi connectivity index (χ4v) is 2.77. The average molecular weight is 345 g/mol. The molecule has 26 heavy (non-hydrogen) atoms. The van der Waals surface area contributed by atoms with Gasteiger partial charge in [0.1, 0.15) is 11.3 Å². The second-order valence-corrected chi connectivity index (χ2v) is 6.17. The minimum atomic E-state index is -0.503. The van der Waals surface area contributed by atoms with Crippen LogP contribution >= 0.6 is 0 Å². The lowest BCUT2D eigenvalue weighted by molar-refractivity contribution is -0.111. The number of rotatable bonds is 5. The van der Waals surface area contributed by atoms with Crippen LogP contribution in [0, 0.1) is 0 Å². The van der Waals surface area contributed by atoms with Crippen LogP contribution in [-0.4, -0.2) is 30.8 Å². The Hall–Kier alpha value is -3.40. The fraction of sp³-hybridized carbons (Fsp3) is 0.0909. The lowest BCUT2D eigenvalue weighted by Gasteiger charge is -2.11. The van der Waals surface area contributed by atoms with Crippen LogP contribution in [0.4, 0.5) is 5.69 Å².